The Hall–Kier alpha value is -1.69. The summed E-state index contributed by atoms with van der Waals surface area (Å²) in [6, 6.07) is 9.73. The smallest absolute Gasteiger partial charge is 0.277 e. The summed E-state index contributed by atoms with van der Waals surface area (Å²) in [4.78, 5) is -0.122. The zero-order valence-electron chi connectivity index (χ0n) is 9.88. The van der Waals surface area contributed by atoms with Crippen molar-refractivity contribution in [2.75, 3.05) is 0 Å². The van der Waals surface area contributed by atoms with Crippen molar-refractivity contribution in [1.82, 2.24) is 0 Å². The summed E-state index contributed by atoms with van der Waals surface area (Å²) in [5, 5.41) is 11.0. The molecule has 1 N–H and O–H groups in total. The molecular formula is C13H13NO3S. The summed E-state index contributed by atoms with van der Waals surface area (Å²) in [7, 11) is -2.48. The van der Waals surface area contributed by atoms with Gasteiger partial charge in [-0.2, -0.15) is 8.42 Å². The van der Waals surface area contributed by atoms with Crippen LogP contribution in [0.25, 0.3) is 0 Å². The molecule has 0 fully saturated rings. The highest BCUT2D eigenvalue weighted by molar-refractivity contribution is 7.72. The van der Waals surface area contributed by atoms with E-state index in [2.05, 4.69) is 0 Å². The first-order chi connectivity index (χ1) is 8.59. The second-order valence-electron chi connectivity index (χ2n) is 4.07. The normalized spacial score (nSPS) is 19.2. The summed E-state index contributed by atoms with van der Waals surface area (Å²) >= 11 is 0. The molecule has 1 aromatic carbocycles. The van der Waals surface area contributed by atoms with Crippen LogP contribution in [0.2, 0.25) is 0 Å². The number of hydroxylamine groups is 2. The van der Waals surface area contributed by atoms with Crippen molar-refractivity contribution in [2.24, 2.45) is 0 Å². The van der Waals surface area contributed by atoms with E-state index in [1.807, 2.05) is 30.3 Å². The van der Waals surface area contributed by atoms with Crippen LogP contribution in [0.5, 0.6) is 0 Å². The Morgan fingerprint density at radius 2 is 1.89 bits per heavy atom. The lowest BCUT2D eigenvalue weighted by atomic mass is 9.99. The van der Waals surface area contributed by atoms with Gasteiger partial charge in [-0.1, -0.05) is 30.3 Å². The largest absolute Gasteiger partial charge is 0.623 e. The van der Waals surface area contributed by atoms with Gasteiger partial charge >= 0.3 is 0 Å². The fourth-order valence-electron chi connectivity index (χ4n) is 1.92. The molecule has 1 heterocycles. The Morgan fingerprint density at radius 3 is 2.50 bits per heavy atom. The van der Waals surface area contributed by atoms with Gasteiger partial charge in [0, 0.05) is 5.57 Å². The molecule has 0 spiro atoms. The second kappa shape index (κ2) is 5.30. The number of hydrogen-bond donors (Lipinski definition) is 1. The molecule has 18 heavy (non-hydrogen) atoms. The first-order valence-corrected chi connectivity index (χ1v) is 6.59. The predicted octanol–water partition coefficient (Wildman–Crippen LogP) is 0.465. The molecule has 2 rings (SSSR count). The van der Waals surface area contributed by atoms with Gasteiger partial charge in [-0.3, -0.25) is 0 Å². The van der Waals surface area contributed by atoms with Gasteiger partial charge < -0.3 is 10.3 Å². The number of benzene rings is 1. The topological polar surface area (TPSA) is 61.6 Å². The Bertz CT molecular complexity index is 634. The van der Waals surface area contributed by atoms with Crippen LogP contribution in [0.4, 0.5) is 0 Å². The monoisotopic (exact) mass is 263 g/mol. The van der Waals surface area contributed by atoms with Crippen LogP contribution >= 0.6 is 0 Å². The Labute approximate surface area is 107 Å². The quantitative estimate of drug-likeness (QED) is 0.623. The van der Waals surface area contributed by atoms with Crippen molar-refractivity contribution in [3.05, 3.63) is 64.5 Å². The summed E-state index contributed by atoms with van der Waals surface area (Å²) in [5.74, 6) is 0. The average Bonchev–Trinajstić information content (AvgIpc) is 2.34. The van der Waals surface area contributed by atoms with Crippen molar-refractivity contribution >= 4 is 15.3 Å². The maximum atomic E-state index is 11.5. The van der Waals surface area contributed by atoms with Crippen LogP contribution in [0.15, 0.2) is 53.8 Å². The van der Waals surface area contributed by atoms with E-state index in [0.29, 0.717) is 12.0 Å². The van der Waals surface area contributed by atoms with Crippen LogP contribution in [0.3, 0.4) is 0 Å². The van der Waals surface area contributed by atoms with Gasteiger partial charge in [0.05, 0.1) is 0 Å². The highest BCUT2D eigenvalue weighted by atomic mass is 32.2. The van der Waals surface area contributed by atoms with Crippen LogP contribution < -0.4 is 5.06 Å². The summed E-state index contributed by atoms with van der Waals surface area (Å²) < 4.78 is 22.1. The maximum Gasteiger partial charge on any atom is 0.277 e. The molecule has 0 amide bonds. The molecule has 1 atom stereocenters. The first-order valence-electron chi connectivity index (χ1n) is 5.52. The van der Waals surface area contributed by atoms with Gasteiger partial charge in [-0.15, -0.1) is 0 Å². The summed E-state index contributed by atoms with van der Waals surface area (Å²) in [6.45, 7) is 1.67. The predicted molar refractivity (Wildman–Crippen MR) is 70.2 cm³/mol. The van der Waals surface area contributed by atoms with E-state index < -0.39 is 15.4 Å². The Morgan fingerprint density at radius 1 is 1.22 bits per heavy atom. The Kier molecular flexibility index (Phi) is 3.76. The molecule has 0 saturated heterocycles. The van der Waals surface area contributed by atoms with E-state index in [4.69, 9.17) is 0 Å². The second-order valence-corrected chi connectivity index (χ2v) is 4.95. The third-order valence-corrected chi connectivity index (χ3v) is 3.73. The lowest BCUT2D eigenvalue weighted by Crippen LogP contribution is -3.06. The van der Waals surface area contributed by atoms with Gasteiger partial charge in [0.25, 0.3) is 15.3 Å². The third kappa shape index (κ3) is 2.59. The van der Waals surface area contributed by atoms with E-state index in [1.54, 1.807) is 13.0 Å². The van der Waals surface area contributed by atoms with E-state index in [-0.39, 0.29) is 4.99 Å². The number of quaternary nitrogens is 1. The van der Waals surface area contributed by atoms with Gasteiger partial charge in [-0.25, -0.2) is 0 Å². The Balaban J connectivity index is 2.40. The zero-order chi connectivity index (χ0) is 13.1. The molecule has 0 bridgehead atoms. The van der Waals surface area contributed by atoms with E-state index in [0.717, 1.165) is 11.1 Å². The number of allylic oxidation sites excluding steroid dienone is 2. The fourth-order valence-corrected chi connectivity index (χ4v) is 2.54. The standard InChI is InChI=1S/C13H13NO3S/c1-10-12(9-11-5-3-2-4-6-11)7-8-14(15)13(10)18(16)17/h2-8,14H,9H2,1H3. The lowest BCUT2D eigenvalue weighted by Gasteiger charge is -2.22. The molecule has 1 aromatic rings. The third-order valence-electron chi connectivity index (χ3n) is 2.89. The molecule has 0 aromatic heterocycles. The minimum atomic E-state index is -2.48. The fraction of sp³-hybridized carbons (Fsp3) is 0.154. The molecule has 1 aliphatic heterocycles. The molecule has 4 nitrogen and oxygen atoms in total. The maximum absolute atomic E-state index is 11.5. The number of nitrogens with one attached hydrogen (secondary N) is 1. The lowest BCUT2D eigenvalue weighted by molar-refractivity contribution is -0.680. The van der Waals surface area contributed by atoms with Crippen molar-refractivity contribution in [1.29, 1.82) is 0 Å². The van der Waals surface area contributed by atoms with Gasteiger partial charge in [0.1, 0.15) is 6.20 Å². The van der Waals surface area contributed by atoms with Crippen LogP contribution in [-0.4, -0.2) is 13.4 Å². The van der Waals surface area contributed by atoms with Gasteiger partial charge in [0.2, 0.25) is 0 Å². The van der Waals surface area contributed by atoms with E-state index in [1.165, 1.54) is 6.20 Å². The highest BCUT2D eigenvalue weighted by Gasteiger charge is 2.19. The van der Waals surface area contributed by atoms with Crippen molar-refractivity contribution in [3.63, 3.8) is 0 Å². The first kappa shape index (κ1) is 12.8. The molecule has 0 radical (unpaired) electrons. The van der Waals surface area contributed by atoms with Crippen LogP contribution in [0, 0.1) is 5.21 Å². The molecule has 94 valence electrons. The molecule has 5 heteroatoms. The van der Waals surface area contributed by atoms with E-state index in [9.17, 15) is 13.6 Å². The average molecular weight is 263 g/mol. The summed E-state index contributed by atoms with van der Waals surface area (Å²) in [5.41, 5.74) is 2.49. The van der Waals surface area contributed by atoms with Crippen molar-refractivity contribution < 1.29 is 13.5 Å². The zero-order valence-corrected chi connectivity index (χ0v) is 10.7. The van der Waals surface area contributed by atoms with Crippen molar-refractivity contribution in [3.8, 4) is 0 Å². The van der Waals surface area contributed by atoms with Crippen LogP contribution in [0.1, 0.15) is 12.5 Å². The highest BCUT2D eigenvalue weighted by Crippen LogP contribution is 2.15. The molecule has 1 aliphatic rings. The minimum Gasteiger partial charge on any atom is -0.623 e. The minimum absolute atomic E-state index is 0.122. The van der Waals surface area contributed by atoms with Gasteiger partial charge in [-0.05, 0) is 30.6 Å². The van der Waals surface area contributed by atoms with E-state index >= 15 is 0 Å². The van der Waals surface area contributed by atoms with Gasteiger partial charge in [0.15, 0.2) is 0 Å². The molecule has 0 aliphatic carbocycles. The number of hydrogen-bond acceptors (Lipinski definition) is 3. The molecule has 0 saturated carbocycles. The summed E-state index contributed by atoms with van der Waals surface area (Å²) in [6.07, 6.45) is 3.63. The molecule has 1 unspecified atom stereocenters. The SMILES string of the molecule is CC1=C(Cc2ccccc2)C=C[NH+]([O-])C1=S(=O)=O. The molecular weight excluding hydrogens is 250 g/mol. The van der Waals surface area contributed by atoms with Crippen LogP contribution in [-0.2, 0) is 16.7 Å². The van der Waals surface area contributed by atoms with Crippen molar-refractivity contribution in [2.45, 2.75) is 13.3 Å². The number of rotatable bonds is 2.